The first-order chi connectivity index (χ1) is 11.8. The molecule has 0 spiro atoms. The molecule has 0 aliphatic carbocycles. The zero-order valence-electron chi connectivity index (χ0n) is 13.0. The van der Waals surface area contributed by atoms with Crippen LogP contribution in [0.5, 0.6) is 0 Å². The summed E-state index contributed by atoms with van der Waals surface area (Å²) in [6.45, 7) is 0.840. The molecule has 2 nitrogen and oxygen atoms in total. The number of benzene rings is 3. The molecule has 5 aromatic rings. The lowest BCUT2D eigenvalue weighted by Gasteiger charge is -2.07. The van der Waals surface area contributed by atoms with E-state index < -0.39 is 0 Å². The Morgan fingerprint density at radius 3 is 2.50 bits per heavy atom. The van der Waals surface area contributed by atoms with Crippen molar-refractivity contribution in [3.63, 3.8) is 0 Å². The second kappa shape index (κ2) is 5.15. The number of fused-ring (bicyclic) bond motifs is 4. The number of halogens is 1. The Labute approximate surface area is 144 Å². The van der Waals surface area contributed by atoms with E-state index in [1.807, 2.05) is 12.1 Å². The highest BCUT2D eigenvalue weighted by molar-refractivity contribution is 6.42. The monoisotopic (exact) mass is 330 g/mol. The fourth-order valence-electron chi connectivity index (χ4n) is 3.53. The third-order valence-electron chi connectivity index (χ3n) is 4.67. The lowest BCUT2D eigenvalue weighted by Crippen LogP contribution is -1.97. The van der Waals surface area contributed by atoms with E-state index in [-0.39, 0.29) is 0 Å². The van der Waals surface area contributed by atoms with Crippen LogP contribution in [-0.4, -0.2) is 9.55 Å². The van der Waals surface area contributed by atoms with Gasteiger partial charge in [-0.3, -0.25) is 0 Å². The molecule has 0 unspecified atom stereocenters. The van der Waals surface area contributed by atoms with Crippen LogP contribution in [0.4, 0.5) is 0 Å². The maximum atomic E-state index is 6.78. The molecule has 0 atom stereocenters. The van der Waals surface area contributed by atoms with Crippen LogP contribution in [0.15, 0.2) is 72.9 Å². The topological polar surface area (TPSA) is 20.7 Å². The van der Waals surface area contributed by atoms with Gasteiger partial charge in [0.25, 0.3) is 0 Å². The zero-order valence-corrected chi connectivity index (χ0v) is 13.7. The maximum absolute atomic E-state index is 6.78. The largest absolute Gasteiger partial charge is 0.354 e. The Hall–Kier alpha value is -2.71. The Kier molecular flexibility index (Phi) is 2.94. The second-order valence-electron chi connectivity index (χ2n) is 6.15. The molecule has 24 heavy (non-hydrogen) atoms. The molecular formula is C21H15ClN2. The predicted molar refractivity (Wildman–Crippen MR) is 102 cm³/mol. The molecule has 3 heteroatoms. The summed E-state index contributed by atoms with van der Waals surface area (Å²) >= 11 is 6.78. The van der Waals surface area contributed by atoms with E-state index in [4.69, 9.17) is 11.6 Å². The highest BCUT2D eigenvalue weighted by atomic mass is 35.5. The second-order valence-corrected chi connectivity index (χ2v) is 6.52. The van der Waals surface area contributed by atoms with Gasteiger partial charge in [-0.25, -0.2) is 0 Å². The van der Waals surface area contributed by atoms with Crippen LogP contribution < -0.4 is 0 Å². The van der Waals surface area contributed by atoms with E-state index in [9.17, 15) is 0 Å². The molecule has 0 saturated heterocycles. The average Bonchev–Trinajstić information content (AvgIpc) is 3.18. The number of aromatic nitrogens is 2. The number of H-pyrrole nitrogens is 1. The first-order valence-electron chi connectivity index (χ1n) is 8.03. The summed E-state index contributed by atoms with van der Waals surface area (Å²) in [7, 11) is 0. The minimum atomic E-state index is 0.826. The summed E-state index contributed by atoms with van der Waals surface area (Å²) < 4.78 is 2.25. The van der Waals surface area contributed by atoms with Gasteiger partial charge in [0.05, 0.1) is 16.1 Å². The fraction of sp³-hybridized carbons (Fsp3) is 0.0476. The van der Waals surface area contributed by atoms with Gasteiger partial charge < -0.3 is 9.55 Å². The van der Waals surface area contributed by atoms with Crippen molar-refractivity contribution < 1.29 is 0 Å². The lowest BCUT2D eigenvalue weighted by atomic mass is 10.1. The van der Waals surface area contributed by atoms with Gasteiger partial charge in [-0.15, -0.1) is 0 Å². The average molecular weight is 331 g/mol. The number of hydrogen-bond donors (Lipinski definition) is 1. The van der Waals surface area contributed by atoms with Crippen molar-refractivity contribution in [2.75, 3.05) is 0 Å². The molecule has 0 amide bonds. The quantitative estimate of drug-likeness (QED) is 0.411. The molecule has 0 bridgehead atoms. The molecule has 3 aromatic carbocycles. The van der Waals surface area contributed by atoms with E-state index in [0.29, 0.717) is 0 Å². The molecule has 116 valence electrons. The predicted octanol–water partition coefficient (Wildman–Crippen LogP) is 5.98. The number of hydrogen-bond acceptors (Lipinski definition) is 0. The van der Waals surface area contributed by atoms with E-state index in [0.717, 1.165) is 38.9 Å². The molecule has 2 aromatic heterocycles. The summed E-state index contributed by atoms with van der Waals surface area (Å²) in [4.78, 5) is 3.49. The van der Waals surface area contributed by atoms with Crippen molar-refractivity contribution in [2.24, 2.45) is 0 Å². The minimum Gasteiger partial charge on any atom is -0.354 e. The summed E-state index contributed by atoms with van der Waals surface area (Å²) in [6.07, 6.45) is 2.12. The normalized spacial score (nSPS) is 11.7. The Morgan fingerprint density at radius 2 is 1.62 bits per heavy atom. The maximum Gasteiger partial charge on any atom is 0.0599 e. The highest BCUT2D eigenvalue weighted by Gasteiger charge is 2.13. The SMILES string of the molecule is Clc1c2ccn(Cc3ccccc3)c2cc2[nH]c3ccccc3c12. The first kappa shape index (κ1) is 13.7. The van der Waals surface area contributed by atoms with Gasteiger partial charge in [-0.2, -0.15) is 0 Å². The van der Waals surface area contributed by atoms with Gasteiger partial charge in [0, 0.05) is 34.4 Å². The van der Waals surface area contributed by atoms with Gasteiger partial charge in [-0.1, -0.05) is 60.1 Å². The Morgan fingerprint density at radius 1 is 0.833 bits per heavy atom. The van der Waals surface area contributed by atoms with Crippen molar-refractivity contribution >= 4 is 44.3 Å². The number of rotatable bonds is 2. The third-order valence-corrected chi connectivity index (χ3v) is 5.07. The molecule has 0 fully saturated rings. The van der Waals surface area contributed by atoms with Crippen LogP contribution in [0.1, 0.15) is 5.56 Å². The van der Waals surface area contributed by atoms with E-state index in [1.165, 1.54) is 10.9 Å². The van der Waals surface area contributed by atoms with Crippen molar-refractivity contribution in [1.82, 2.24) is 9.55 Å². The number of nitrogens with one attached hydrogen (secondary N) is 1. The number of nitrogens with zero attached hydrogens (tertiary/aromatic N) is 1. The molecule has 5 rings (SSSR count). The third kappa shape index (κ3) is 1.97. The minimum absolute atomic E-state index is 0.826. The van der Waals surface area contributed by atoms with E-state index in [2.05, 4.69) is 70.3 Å². The molecule has 0 aliphatic heterocycles. The van der Waals surface area contributed by atoms with Crippen LogP contribution in [0.2, 0.25) is 5.02 Å². The van der Waals surface area contributed by atoms with E-state index >= 15 is 0 Å². The molecular weight excluding hydrogens is 316 g/mol. The van der Waals surface area contributed by atoms with Crippen LogP contribution in [0.3, 0.4) is 0 Å². The van der Waals surface area contributed by atoms with Crippen LogP contribution in [0.25, 0.3) is 32.7 Å². The van der Waals surface area contributed by atoms with Crippen LogP contribution in [0, 0.1) is 0 Å². The molecule has 2 heterocycles. The van der Waals surface area contributed by atoms with Crippen LogP contribution >= 0.6 is 11.6 Å². The first-order valence-corrected chi connectivity index (χ1v) is 8.41. The van der Waals surface area contributed by atoms with Crippen molar-refractivity contribution in [3.05, 3.63) is 83.5 Å². The van der Waals surface area contributed by atoms with Gasteiger partial charge >= 0.3 is 0 Å². The van der Waals surface area contributed by atoms with E-state index in [1.54, 1.807) is 0 Å². The highest BCUT2D eigenvalue weighted by Crippen LogP contribution is 2.37. The summed E-state index contributed by atoms with van der Waals surface area (Å²) in [5, 5.41) is 4.21. The molecule has 0 saturated carbocycles. The van der Waals surface area contributed by atoms with Crippen LogP contribution in [-0.2, 0) is 6.54 Å². The Balaban J connectivity index is 1.77. The smallest absolute Gasteiger partial charge is 0.0599 e. The summed E-state index contributed by atoms with van der Waals surface area (Å²) in [5.74, 6) is 0. The zero-order chi connectivity index (χ0) is 16.1. The Bertz CT molecular complexity index is 1180. The van der Waals surface area contributed by atoms with Gasteiger partial charge in [0.2, 0.25) is 0 Å². The summed E-state index contributed by atoms with van der Waals surface area (Å²) in [5.41, 5.74) is 4.64. The van der Waals surface area contributed by atoms with Crippen molar-refractivity contribution in [3.8, 4) is 0 Å². The van der Waals surface area contributed by atoms with Crippen molar-refractivity contribution in [2.45, 2.75) is 6.54 Å². The fourth-order valence-corrected chi connectivity index (χ4v) is 3.89. The lowest BCUT2D eigenvalue weighted by molar-refractivity contribution is 0.837. The number of para-hydroxylation sites is 1. The molecule has 1 N–H and O–H groups in total. The standard InChI is InChI=1S/C21H15ClN2/c22-21-16-10-11-24(13-14-6-2-1-3-7-14)19(16)12-18-20(21)15-8-4-5-9-17(15)23-18/h1-12,23H,13H2. The van der Waals surface area contributed by atoms with Crippen molar-refractivity contribution in [1.29, 1.82) is 0 Å². The molecule has 0 aliphatic rings. The molecule has 0 radical (unpaired) electrons. The van der Waals surface area contributed by atoms with Gasteiger partial charge in [0.15, 0.2) is 0 Å². The summed E-state index contributed by atoms with van der Waals surface area (Å²) in [6, 6.07) is 23.1. The van der Waals surface area contributed by atoms with Gasteiger partial charge in [0.1, 0.15) is 0 Å². The van der Waals surface area contributed by atoms with Gasteiger partial charge in [-0.05, 0) is 23.8 Å². The number of aromatic amines is 1.